The van der Waals surface area contributed by atoms with E-state index in [0.29, 0.717) is 6.04 Å². The number of ether oxygens (including phenoxy) is 1. The highest BCUT2D eigenvalue weighted by Crippen LogP contribution is 2.28. The van der Waals surface area contributed by atoms with Crippen molar-refractivity contribution in [3.05, 3.63) is 29.3 Å². The molecule has 0 saturated heterocycles. The van der Waals surface area contributed by atoms with Crippen molar-refractivity contribution in [3.8, 4) is 5.75 Å². The molecule has 0 saturated carbocycles. The smallest absolute Gasteiger partial charge is 0.122 e. The van der Waals surface area contributed by atoms with E-state index in [2.05, 4.69) is 63.4 Å². The monoisotopic (exact) mass is 290 g/mol. The van der Waals surface area contributed by atoms with Gasteiger partial charge >= 0.3 is 0 Å². The van der Waals surface area contributed by atoms with Crippen LogP contribution in [0.2, 0.25) is 0 Å². The fourth-order valence-corrected chi connectivity index (χ4v) is 3.35. The summed E-state index contributed by atoms with van der Waals surface area (Å²) in [6.07, 6.45) is 4.47. The molecular weight excluding hydrogens is 260 g/mol. The Morgan fingerprint density at radius 2 is 2.14 bits per heavy atom. The molecule has 118 valence electrons. The van der Waals surface area contributed by atoms with Crippen LogP contribution in [0.3, 0.4) is 0 Å². The van der Waals surface area contributed by atoms with Crippen LogP contribution in [0.1, 0.15) is 37.8 Å². The molecule has 21 heavy (non-hydrogen) atoms. The molecule has 0 aromatic heterocycles. The van der Waals surface area contributed by atoms with Crippen LogP contribution in [-0.2, 0) is 12.8 Å². The number of nitrogens with zero attached hydrogens (tertiary/aromatic N) is 1. The van der Waals surface area contributed by atoms with Gasteiger partial charge in [0.1, 0.15) is 5.75 Å². The van der Waals surface area contributed by atoms with Gasteiger partial charge in [-0.05, 0) is 64.5 Å². The summed E-state index contributed by atoms with van der Waals surface area (Å²) >= 11 is 0. The Kier molecular flexibility index (Phi) is 5.28. The van der Waals surface area contributed by atoms with Crippen LogP contribution in [-0.4, -0.2) is 44.2 Å². The summed E-state index contributed by atoms with van der Waals surface area (Å²) in [4.78, 5) is 2.35. The number of hydrogen-bond donors (Lipinski definition) is 1. The van der Waals surface area contributed by atoms with Crippen LogP contribution in [0, 0.1) is 0 Å². The number of aryl methyl sites for hydroxylation is 1. The predicted molar refractivity (Wildman–Crippen MR) is 89.2 cm³/mol. The summed E-state index contributed by atoms with van der Waals surface area (Å²) in [6.45, 7) is 5.47. The molecule has 3 heteroatoms. The summed E-state index contributed by atoms with van der Waals surface area (Å²) in [7, 11) is 6.44. The Bertz CT molecular complexity index is 472. The molecule has 0 bridgehead atoms. The van der Waals surface area contributed by atoms with Crippen molar-refractivity contribution in [2.45, 2.75) is 51.1 Å². The summed E-state index contributed by atoms with van der Waals surface area (Å²) in [5.41, 5.74) is 2.99. The van der Waals surface area contributed by atoms with Gasteiger partial charge in [0.15, 0.2) is 0 Å². The van der Waals surface area contributed by atoms with Crippen molar-refractivity contribution in [1.82, 2.24) is 10.2 Å². The lowest BCUT2D eigenvalue weighted by molar-refractivity contribution is 0.112. The molecule has 0 aliphatic carbocycles. The second kappa shape index (κ2) is 6.80. The van der Waals surface area contributed by atoms with E-state index in [1.54, 1.807) is 0 Å². The molecule has 2 atom stereocenters. The molecule has 0 fully saturated rings. The van der Waals surface area contributed by atoms with Crippen molar-refractivity contribution in [1.29, 1.82) is 0 Å². The Balaban J connectivity index is 2.03. The zero-order valence-electron chi connectivity index (χ0n) is 14.2. The van der Waals surface area contributed by atoms with Crippen molar-refractivity contribution in [2.75, 3.05) is 27.7 Å². The quantitative estimate of drug-likeness (QED) is 0.835. The first kappa shape index (κ1) is 16.3. The molecule has 1 heterocycles. The topological polar surface area (TPSA) is 24.5 Å². The Morgan fingerprint density at radius 3 is 2.76 bits per heavy atom. The normalized spacial score (nSPS) is 18.2. The molecule has 1 aromatic carbocycles. The second-order valence-corrected chi connectivity index (χ2v) is 6.53. The number of benzene rings is 1. The van der Waals surface area contributed by atoms with Crippen LogP contribution in [0.15, 0.2) is 18.2 Å². The van der Waals surface area contributed by atoms with E-state index in [4.69, 9.17) is 4.74 Å². The number of rotatable bonds is 7. The van der Waals surface area contributed by atoms with E-state index in [9.17, 15) is 0 Å². The molecule has 1 aromatic rings. The lowest BCUT2D eigenvalue weighted by Gasteiger charge is -2.42. The molecular formula is C18H30N2O. The van der Waals surface area contributed by atoms with Crippen LogP contribution in [0.25, 0.3) is 0 Å². The minimum absolute atomic E-state index is 0.189. The first-order valence-electron chi connectivity index (χ1n) is 8.10. The zero-order valence-corrected chi connectivity index (χ0v) is 14.2. The average Bonchev–Trinajstić information content (AvgIpc) is 2.94. The van der Waals surface area contributed by atoms with Gasteiger partial charge in [0.05, 0.1) is 6.61 Å². The largest absolute Gasteiger partial charge is 0.493 e. The van der Waals surface area contributed by atoms with Crippen LogP contribution < -0.4 is 10.1 Å². The van der Waals surface area contributed by atoms with Gasteiger partial charge in [-0.2, -0.15) is 0 Å². The van der Waals surface area contributed by atoms with Gasteiger partial charge in [-0.15, -0.1) is 0 Å². The van der Waals surface area contributed by atoms with Crippen LogP contribution >= 0.6 is 0 Å². The molecule has 0 amide bonds. The lowest BCUT2D eigenvalue weighted by atomic mass is 9.84. The van der Waals surface area contributed by atoms with E-state index in [0.717, 1.165) is 38.0 Å². The minimum Gasteiger partial charge on any atom is -0.493 e. The van der Waals surface area contributed by atoms with Crippen LogP contribution in [0.5, 0.6) is 5.75 Å². The molecule has 2 rings (SSSR count). The Hall–Kier alpha value is -1.06. The van der Waals surface area contributed by atoms with Gasteiger partial charge in [-0.3, -0.25) is 0 Å². The maximum absolute atomic E-state index is 5.58. The summed E-state index contributed by atoms with van der Waals surface area (Å²) in [6, 6.07) is 7.17. The molecule has 1 aliphatic heterocycles. The van der Waals surface area contributed by atoms with Gasteiger partial charge in [0.2, 0.25) is 0 Å². The highest BCUT2D eigenvalue weighted by molar-refractivity contribution is 5.39. The minimum atomic E-state index is 0.189. The SMILES string of the molecule is CCC(C)(C(CCc1ccc2c(c1)CCO2)NC)N(C)C. The van der Waals surface area contributed by atoms with Crippen molar-refractivity contribution < 1.29 is 4.74 Å². The zero-order chi connectivity index (χ0) is 15.5. The second-order valence-electron chi connectivity index (χ2n) is 6.53. The highest BCUT2D eigenvalue weighted by Gasteiger charge is 2.33. The number of nitrogens with one attached hydrogen (secondary N) is 1. The summed E-state index contributed by atoms with van der Waals surface area (Å²) in [5, 5.41) is 3.53. The highest BCUT2D eigenvalue weighted by atomic mass is 16.5. The fourth-order valence-electron chi connectivity index (χ4n) is 3.35. The molecule has 3 nitrogen and oxygen atoms in total. The van der Waals surface area contributed by atoms with Crippen molar-refractivity contribution >= 4 is 0 Å². The van der Waals surface area contributed by atoms with E-state index in [1.165, 1.54) is 11.1 Å². The van der Waals surface area contributed by atoms with Gasteiger partial charge in [-0.1, -0.05) is 19.1 Å². The molecule has 2 unspecified atom stereocenters. The number of likely N-dealkylation sites (N-methyl/N-ethyl adjacent to an activating group) is 2. The van der Waals surface area contributed by atoms with Gasteiger partial charge < -0.3 is 15.0 Å². The Labute approximate surface area is 129 Å². The third-order valence-corrected chi connectivity index (χ3v) is 5.31. The predicted octanol–water partition coefficient (Wildman–Crippen LogP) is 2.87. The van der Waals surface area contributed by atoms with Gasteiger partial charge in [0, 0.05) is 18.0 Å². The van der Waals surface area contributed by atoms with Gasteiger partial charge in [0.25, 0.3) is 0 Å². The van der Waals surface area contributed by atoms with Gasteiger partial charge in [-0.25, -0.2) is 0 Å². The van der Waals surface area contributed by atoms with E-state index >= 15 is 0 Å². The molecule has 1 N–H and O–H groups in total. The Morgan fingerprint density at radius 1 is 1.38 bits per heavy atom. The number of fused-ring (bicyclic) bond motifs is 1. The van der Waals surface area contributed by atoms with Crippen LogP contribution in [0.4, 0.5) is 0 Å². The molecule has 0 radical (unpaired) electrons. The molecule has 0 spiro atoms. The third-order valence-electron chi connectivity index (χ3n) is 5.31. The third kappa shape index (κ3) is 3.41. The summed E-state index contributed by atoms with van der Waals surface area (Å²) in [5.74, 6) is 1.08. The van der Waals surface area contributed by atoms with E-state index in [1.807, 2.05) is 0 Å². The van der Waals surface area contributed by atoms with Crippen molar-refractivity contribution in [3.63, 3.8) is 0 Å². The first-order valence-corrected chi connectivity index (χ1v) is 8.10. The van der Waals surface area contributed by atoms with Crippen molar-refractivity contribution in [2.24, 2.45) is 0 Å². The maximum atomic E-state index is 5.58. The summed E-state index contributed by atoms with van der Waals surface area (Å²) < 4.78 is 5.58. The number of hydrogen-bond acceptors (Lipinski definition) is 3. The first-order chi connectivity index (χ1) is 10.0. The standard InChI is InChI=1S/C18H30N2O/c1-6-18(2,20(4)5)17(19-3)10-8-14-7-9-16-15(13-14)11-12-21-16/h7,9,13,17,19H,6,8,10-12H2,1-5H3. The maximum Gasteiger partial charge on any atom is 0.122 e. The van der Waals surface area contributed by atoms with E-state index < -0.39 is 0 Å². The average molecular weight is 290 g/mol. The fraction of sp³-hybridized carbons (Fsp3) is 0.667. The van der Waals surface area contributed by atoms with E-state index in [-0.39, 0.29) is 5.54 Å². The lowest BCUT2D eigenvalue weighted by Crippen LogP contribution is -2.56. The molecule has 1 aliphatic rings.